The molecule has 0 aliphatic carbocycles. The first-order chi connectivity index (χ1) is 11.8. The van der Waals surface area contributed by atoms with Crippen LogP contribution in [0.5, 0.6) is 0 Å². The minimum Gasteiger partial charge on any atom is -0.591 e. The Morgan fingerprint density at radius 2 is 1.88 bits per heavy atom. The second-order valence-electron chi connectivity index (χ2n) is 8.38. The van der Waals surface area contributed by atoms with Gasteiger partial charge in [-0.3, -0.25) is 0 Å². The normalized spacial score (nSPS) is 15.1. The molecule has 4 nitrogen and oxygen atoms in total. The van der Waals surface area contributed by atoms with Gasteiger partial charge in [-0.1, -0.05) is 25.2 Å². The maximum Gasteiger partial charge on any atom is 0.285 e. The zero-order valence-corrected chi connectivity index (χ0v) is 18.2. The molecule has 1 unspecified atom stereocenters. The number of rotatable bonds is 4. The molecule has 1 atom stereocenters. The molecule has 0 radical (unpaired) electrons. The Hall–Kier alpha value is -0.990. The highest BCUT2D eigenvalue weighted by Crippen LogP contribution is 2.29. The van der Waals surface area contributed by atoms with E-state index < -0.39 is 28.2 Å². The molecular weight excluding hydrogens is 424 g/mol. The average Bonchev–Trinajstić information content (AvgIpc) is 2.79. The fraction of sp³-hybridized carbons (Fsp3) is 0.556. The summed E-state index contributed by atoms with van der Waals surface area (Å²) in [7, 11) is 0. The van der Waals surface area contributed by atoms with Gasteiger partial charge in [-0.25, -0.2) is 13.8 Å². The standard InChI is InChI=1S/C18H24BrF2N3OS/c1-17(2,3)10-24-9-12(11-7-8-13(19)22-16(11)24)14(15(20)21)23-26(25)18(4,5)6/h7-9,15H,10H2,1-6H3. The summed E-state index contributed by atoms with van der Waals surface area (Å²) < 4.78 is 45.6. The molecule has 0 bridgehead atoms. The SMILES string of the molecule is CC(C)(C)Cn1cc(C(=N[S+]([O-])C(C)(C)C)C(F)F)c2ccc(Br)nc21. The van der Waals surface area contributed by atoms with Gasteiger partial charge in [0.05, 0.1) is 0 Å². The molecule has 0 N–H and O–H groups in total. The molecule has 2 heterocycles. The van der Waals surface area contributed by atoms with Crippen LogP contribution < -0.4 is 0 Å². The lowest BCUT2D eigenvalue weighted by Gasteiger charge is -2.19. The van der Waals surface area contributed by atoms with Crippen molar-refractivity contribution in [1.82, 2.24) is 9.55 Å². The van der Waals surface area contributed by atoms with Crippen LogP contribution in [0.2, 0.25) is 0 Å². The van der Waals surface area contributed by atoms with Crippen LogP contribution in [0, 0.1) is 5.41 Å². The molecule has 2 rings (SSSR count). The average molecular weight is 448 g/mol. The fourth-order valence-electron chi connectivity index (χ4n) is 2.41. The Kier molecular flexibility index (Phi) is 6.20. The lowest BCUT2D eigenvalue weighted by molar-refractivity contribution is 0.226. The first-order valence-electron chi connectivity index (χ1n) is 8.24. The van der Waals surface area contributed by atoms with Crippen LogP contribution in [0.3, 0.4) is 0 Å². The third-order valence-corrected chi connectivity index (χ3v) is 5.37. The molecule has 0 aliphatic heterocycles. The summed E-state index contributed by atoms with van der Waals surface area (Å²) in [5, 5.41) is 0.572. The molecule has 0 spiro atoms. The third-order valence-electron chi connectivity index (χ3n) is 3.52. The van der Waals surface area contributed by atoms with Crippen LogP contribution in [0.4, 0.5) is 8.78 Å². The van der Waals surface area contributed by atoms with Crippen LogP contribution in [0.1, 0.15) is 47.1 Å². The van der Waals surface area contributed by atoms with Crippen molar-refractivity contribution in [3.05, 3.63) is 28.5 Å². The van der Waals surface area contributed by atoms with E-state index in [1.807, 2.05) is 4.57 Å². The van der Waals surface area contributed by atoms with Gasteiger partial charge in [-0.15, -0.1) is 0 Å². The largest absolute Gasteiger partial charge is 0.591 e. The summed E-state index contributed by atoms with van der Waals surface area (Å²) in [6.45, 7) is 11.9. The van der Waals surface area contributed by atoms with Gasteiger partial charge in [-0.05, 0) is 54.2 Å². The zero-order valence-electron chi connectivity index (χ0n) is 15.8. The van der Waals surface area contributed by atoms with Gasteiger partial charge in [0, 0.05) is 23.7 Å². The van der Waals surface area contributed by atoms with E-state index in [1.165, 1.54) is 0 Å². The number of hydrogen-bond donors (Lipinski definition) is 0. The molecule has 0 saturated carbocycles. The number of halogens is 3. The summed E-state index contributed by atoms with van der Waals surface area (Å²) >= 11 is 1.56. The van der Waals surface area contributed by atoms with E-state index in [1.54, 1.807) is 39.1 Å². The van der Waals surface area contributed by atoms with Crippen molar-refractivity contribution in [2.45, 2.75) is 59.3 Å². The molecule has 144 valence electrons. The van der Waals surface area contributed by atoms with E-state index in [9.17, 15) is 13.3 Å². The predicted molar refractivity (Wildman–Crippen MR) is 107 cm³/mol. The molecule has 2 aromatic heterocycles. The molecule has 0 aromatic carbocycles. The highest BCUT2D eigenvalue weighted by atomic mass is 79.9. The zero-order chi connectivity index (χ0) is 19.9. The van der Waals surface area contributed by atoms with Crippen molar-refractivity contribution in [2.75, 3.05) is 0 Å². The summed E-state index contributed by atoms with van der Waals surface area (Å²) in [6, 6.07) is 3.44. The Morgan fingerprint density at radius 3 is 2.38 bits per heavy atom. The maximum absolute atomic E-state index is 13.8. The Bertz CT molecular complexity index is 822. The van der Waals surface area contributed by atoms with Gasteiger partial charge in [0.1, 0.15) is 26.4 Å². The highest BCUT2D eigenvalue weighted by molar-refractivity contribution is 9.10. The second kappa shape index (κ2) is 7.56. The third kappa shape index (κ3) is 5.04. The van der Waals surface area contributed by atoms with E-state index in [-0.39, 0.29) is 11.0 Å². The second-order valence-corrected chi connectivity index (χ2v) is 11.1. The topological polar surface area (TPSA) is 53.2 Å². The van der Waals surface area contributed by atoms with Gasteiger partial charge in [0.2, 0.25) is 0 Å². The Labute approximate surface area is 164 Å². The lowest BCUT2D eigenvalue weighted by atomic mass is 9.97. The van der Waals surface area contributed by atoms with Gasteiger partial charge < -0.3 is 9.12 Å². The highest BCUT2D eigenvalue weighted by Gasteiger charge is 2.31. The smallest absolute Gasteiger partial charge is 0.285 e. The van der Waals surface area contributed by atoms with Crippen LogP contribution in [0.15, 0.2) is 27.3 Å². The van der Waals surface area contributed by atoms with E-state index in [0.29, 0.717) is 22.2 Å². The van der Waals surface area contributed by atoms with Crippen molar-refractivity contribution in [1.29, 1.82) is 0 Å². The van der Waals surface area contributed by atoms with E-state index in [4.69, 9.17) is 0 Å². The van der Waals surface area contributed by atoms with Crippen molar-refractivity contribution in [3.63, 3.8) is 0 Å². The van der Waals surface area contributed by atoms with Gasteiger partial charge in [0.25, 0.3) is 6.43 Å². The molecule has 26 heavy (non-hydrogen) atoms. The van der Waals surface area contributed by atoms with Crippen molar-refractivity contribution in [2.24, 2.45) is 9.81 Å². The van der Waals surface area contributed by atoms with E-state index in [2.05, 4.69) is 46.1 Å². The summed E-state index contributed by atoms with van der Waals surface area (Å²) in [4.78, 5) is 4.45. The maximum atomic E-state index is 13.8. The molecule has 0 amide bonds. The van der Waals surface area contributed by atoms with E-state index in [0.717, 1.165) is 0 Å². The summed E-state index contributed by atoms with van der Waals surface area (Å²) in [5.74, 6) is 0. The summed E-state index contributed by atoms with van der Waals surface area (Å²) in [5.41, 5.74) is 0.347. The molecule has 8 heteroatoms. The van der Waals surface area contributed by atoms with Crippen molar-refractivity contribution < 1.29 is 13.3 Å². The molecule has 2 aromatic rings. The number of pyridine rings is 1. The minimum absolute atomic E-state index is 0.0659. The Morgan fingerprint density at radius 1 is 1.27 bits per heavy atom. The first kappa shape index (κ1) is 21.3. The number of fused-ring (bicyclic) bond motifs is 1. The first-order valence-corrected chi connectivity index (χ1v) is 10.1. The fourth-order valence-corrected chi connectivity index (χ4v) is 3.34. The number of aromatic nitrogens is 2. The monoisotopic (exact) mass is 447 g/mol. The van der Waals surface area contributed by atoms with Gasteiger partial charge in [0.15, 0.2) is 5.71 Å². The van der Waals surface area contributed by atoms with Crippen molar-refractivity contribution >= 4 is 44.0 Å². The molecular formula is C18H24BrF2N3OS. The van der Waals surface area contributed by atoms with Gasteiger partial charge >= 0.3 is 0 Å². The lowest BCUT2D eigenvalue weighted by Crippen LogP contribution is -2.28. The number of alkyl halides is 2. The van der Waals surface area contributed by atoms with Crippen LogP contribution in [-0.2, 0) is 17.9 Å². The van der Waals surface area contributed by atoms with Crippen LogP contribution in [-0.4, -0.2) is 31.0 Å². The predicted octanol–water partition coefficient (Wildman–Crippen LogP) is 5.36. The number of hydrogen-bond acceptors (Lipinski definition) is 3. The molecule has 0 fully saturated rings. The summed E-state index contributed by atoms with van der Waals surface area (Å²) in [6.07, 6.45) is -1.20. The quantitative estimate of drug-likeness (QED) is 0.359. The Balaban J connectivity index is 2.68. The van der Waals surface area contributed by atoms with E-state index >= 15 is 0 Å². The van der Waals surface area contributed by atoms with Crippen molar-refractivity contribution in [3.8, 4) is 0 Å². The van der Waals surface area contributed by atoms with Crippen LogP contribution in [0.25, 0.3) is 11.0 Å². The molecule has 0 saturated heterocycles. The minimum atomic E-state index is -2.83. The number of nitrogens with zero attached hydrogens (tertiary/aromatic N) is 3. The van der Waals surface area contributed by atoms with Gasteiger partial charge in [-0.2, -0.15) is 0 Å². The van der Waals surface area contributed by atoms with Crippen LogP contribution >= 0.6 is 15.9 Å². The molecule has 0 aliphatic rings.